The largest absolute Gasteiger partial charge is 0.449 e. The van der Waals surface area contributed by atoms with Gasteiger partial charge in [-0.2, -0.15) is 0 Å². The number of ether oxygens (including phenoxy) is 1. The Kier molecular flexibility index (Phi) is 5.33. The van der Waals surface area contributed by atoms with Crippen LogP contribution in [0, 0.1) is 13.8 Å². The number of rotatable bonds is 5. The molecule has 0 radical (unpaired) electrons. The number of nitrogens with one attached hydrogen (secondary N) is 1. The van der Waals surface area contributed by atoms with Gasteiger partial charge in [-0.1, -0.05) is 30.3 Å². The van der Waals surface area contributed by atoms with Gasteiger partial charge in [0.05, 0.1) is 5.56 Å². The number of aryl methyl sites for hydroxylation is 2. The van der Waals surface area contributed by atoms with E-state index in [1.807, 2.05) is 44.2 Å². The van der Waals surface area contributed by atoms with Crippen molar-refractivity contribution in [1.82, 2.24) is 5.32 Å². The molecular weight excluding hydrogens is 298 g/mol. The lowest BCUT2D eigenvalue weighted by molar-refractivity contribution is -0.129. The highest BCUT2D eigenvalue weighted by molar-refractivity contribution is 7.12. The minimum absolute atomic E-state index is 0.304. The van der Waals surface area contributed by atoms with Gasteiger partial charge in [0.25, 0.3) is 5.91 Å². The zero-order chi connectivity index (χ0) is 16.1. The van der Waals surface area contributed by atoms with Gasteiger partial charge in [0.2, 0.25) is 0 Å². The molecule has 2 aromatic rings. The minimum atomic E-state index is -0.823. The van der Waals surface area contributed by atoms with Gasteiger partial charge in [-0.15, -0.1) is 11.3 Å². The number of thiophene rings is 1. The number of hydrogen-bond acceptors (Lipinski definition) is 4. The van der Waals surface area contributed by atoms with Crippen LogP contribution in [0.15, 0.2) is 36.4 Å². The first-order valence-electron chi connectivity index (χ1n) is 7.07. The van der Waals surface area contributed by atoms with Crippen LogP contribution in [0.5, 0.6) is 0 Å². The molecule has 5 heteroatoms. The van der Waals surface area contributed by atoms with Gasteiger partial charge in [-0.3, -0.25) is 4.79 Å². The van der Waals surface area contributed by atoms with Crippen molar-refractivity contribution in [2.24, 2.45) is 0 Å². The summed E-state index contributed by atoms with van der Waals surface area (Å²) in [6.45, 7) is 5.80. The Hall–Kier alpha value is -2.14. The van der Waals surface area contributed by atoms with Gasteiger partial charge in [0, 0.05) is 16.3 Å². The van der Waals surface area contributed by atoms with Crippen LogP contribution in [-0.2, 0) is 16.1 Å². The second kappa shape index (κ2) is 7.22. The van der Waals surface area contributed by atoms with Crippen molar-refractivity contribution in [2.45, 2.75) is 33.4 Å². The average molecular weight is 317 g/mol. The van der Waals surface area contributed by atoms with Crippen LogP contribution in [0.1, 0.15) is 32.6 Å². The molecule has 22 heavy (non-hydrogen) atoms. The summed E-state index contributed by atoms with van der Waals surface area (Å²) in [6.07, 6.45) is -0.823. The standard InChI is InChI=1S/C17H19NO3S/c1-11-9-15(13(3)22-11)17(20)21-12(2)16(19)18-10-14-7-5-4-6-8-14/h4-9,12H,10H2,1-3H3,(H,18,19)/t12-/m0/s1. The third-order valence-corrected chi connectivity index (χ3v) is 4.19. The number of carbonyl (C=O) groups is 2. The molecule has 1 N–H and O–H groups in total. The van der Waals surface area contributed by atoms with Crippen molar-refractivity contribution in [2.75, 3.05) is 0 Å². The predicted molar refractivity (Wildman–Crippen MR) is 87.0 cm³/mol. The van der Waals surface area contributed by atoms with Gasteiger partial charge >= 0.3 is 5.97 Å². The summed E-state index contributed by atoms with van der Waals surface area (Å²) in [7, 11) is 0. The quantitative estimate of drug-likeness (QED) is 0.861. The van der Waals surface area contributed by atoms with Crippen molar-refractivity contribution in [3.8, 4) is 0 Å². The first kappa shape index (κ1) is 16.2. The summed E-state index contributed by atoms with van der Waals surface area (Å²) < 4.78 is 5.24. The van der Waals surface area contributed by atoms with Crippen LogP contribution in [0.2, 0.25) is 0 Å². The maximum absolute atomic E-state index is 12.1. The number of amides is 1. The highest BCUT2D eigenvalue weighted by Gasteiger charge is 2.20. The maximum atomic E-state index is 12.1. The molecule has 1 heterocycles. The summed E-state index contributed by atoms with van der Waals surface area (Å²) >= 11 is 1.54. The SMILES string of the molecule is Cc1cc(C(=O)O[C@@H](C)C(=O)NCc2ccccc2)c(C)s1. The van der Waals surface area contributed by atoms with Gasteiger partial charge in [0.15, 0.2) is 6.10 Å². The Morgan fingerprint density at radius 2 is 1.91 bits per heavy atom. The zero-order valence-corrected chi connectivity index (χ0v) is 13.7. The van der Waals surface area contributed by atoms with Crippen molar-refractivity contribution < 1.29 is 14.3 Å². The molecule has 0 unspecified atom stereocenters. The second-order valence-electron chi connectivity index (χ2n) is 5.08. The van der Waals surface area contributed by atoms with Gasteiger partial charge in [0.1, 0.15) is 0 Å². The molecule has 0 bridgehead atoms. The van der Waals surface area contributed by atoms with E-state index in [9.17, 15) is 9.59 Å². The molecule has 0 saturated heterocycles. The molecule has 0 aliphatic carbocycles. The van der Waals surface area contributed by atoms with Crippen LogP contribution in [-0.4, -0.2) is 18.0 Å². The highest BCUT2D eigenvalue weighted by atomic mass is 32.1. The number of benzene rings is 1. The zero-order valence-electron chi connectivity index (χ0n) is 12.9. The molecule has 116 valence electrons. The summed E-state index contributed by atoms with van der Waals surface area (Å²) in [5, 5.41) is 2.76. The molecule has 1 amide bonds. The van der Waals surface area contributed by atoms with Crippen molar-refractivity contribution >= 4 is 23.2 Å². The molecule has 1 aromatic heterocycles. The van der Waals surface area contributed by atoms with Gasteiger partial charge in [-0.25, -0.2) is 4.79 Å². The second-order valence-corrected chi connectivity index (χ2v) is 6.54. The fourth-order valence-corrected chi connectivity index (χ4v) is 2.95. The Balaban J connectivity index is 1.88. The highest BCUT2D eigenvalue weighted by Crippen LogP contribution is 2.21. The van der Waals surface area contributed by atoms with E-state index >= 15 is 0 Å². The first-order chi connectivity index (χ1) is 10.5. The van der Waals surface area contributed by atoms with Crippen LogP contribution in [0.25, 0.3) is 0 Å². The van der Waals surface area contributed by atoms with Crippen LogP contribution in [0.3, 0.4) is 0 Å². The van der Waals surface area contributed by atoms with Crippen LogP contribution >= 0.6 is 11.3 Å². The van der Waals surface area contributed by atoms with E-state index in [-0.39, 0.29) is 5.91 Å². The van der Waals surface area contributed by atoms with E-state index in [0.29, 0.717) is 12.1 Å². The van der Waals surface area contributed by atoms with E-state index in [0.717, 1.165) is 15.3 Å². The average Bonchev–Trinajstić information content (AvgIpc) is 2.84. The van der Waals surface area contributed by atoms with Crippen LogP contribution < -0.4 is 5.32 Å². The molecule has 0 fully saturated rings. The summed E-state index contributed by atoms with van der Waals surface area (Å²) in [4.78, 5) is 26.0. The Labute approximate surface area is 134 Å². The van der Waals surface area contributed by atoms with E-state index in [1.54, 1.807) is 13.0 Å². The molecule has 0 aliphatic rings. The maximum Gasteiger partial charge on any atom is 0.340 e. The molecule has 1 aromatic carbocycles. The molecule has 1 atom stereocenters. The van der Waals surface area contributed by atoms with E-state index < -0.39 is 12.1 Å². The van der Waals surface area contributed by atoms with E-state index in [1.165, 1.54) is 11.3 Å². The predicted octanol–water partition coefficient (Wildman–Crippen LogP) is 3.23. The lowest BCUT2D eigenvalue weighted by Gasteiger charge is -2.13. The van der Waals surface area contributed by atoms with Crippen molar-refractivity contribution in [3.63, 3.8) is 0 Å². The number of esters is 1. The van der Waals surface area contributed by atoms with E-state index in [2.05, 4.69) is 5.32 Å². The van der Waals surface area contributed by atoms with Crippen molar-refractivity contribution in [1.29, 1.82) is 0 Å². The number of carbonyl (C=O) groups excluding carboxylic acids is 2. The molecular formula is C17H19NO3S. The Bertz CT molecular complexity index is 664. The lowest BCUT2D eigenvalue weighted by atomic mass is 10.2. The first-order valence-corrected chi connectivity index (χ1v) is 7.88. The van der Waals surface area contributed by atoms with Crippen molar-refractivity contribution in [3.05, 3.63) is 57.3 Å². The normalized spacial score (nSPS) is 11.8. The Morgan fingerprint density at radius 3 is 2.50 bits per heavy atom. The van der Waals surface area contributed by atoms with E-state index in [4.69, 9.17) is 4.74 Å². The molecule has 4 nitrogen and oxygen atoms in total. The smallest absolute Gasteiger partial charge is 0.340 e. The van der Waals surface area contributed by atoms with Gasteiger partial charge < -0.3 is 10.1 Å². The van der Waals surface area contributed by atoms with Gasteiger partial charge in [-0.05, 0) is 32.4 Å². The number of hydrogen-bond donors (Lipinski definition) is 1. The Morgan fingerprint density at radius 1 is 1.23 bits per heavy atom. The third-order valence-electron chi connectivity index (χ3n) is 3.22. The fourth-order valence-electron chi connectivity index (χ4n) is 2.04. The fraction of sp³-hybridized carbons (Fsp3) is 0.294. The summed E-state index contributed by atoms with van der Waals surface area (Å²) in [6, 6.07) is 11.4. The minimum Gasteiger partial charge on any atom is -0.449 e. The molecule has 2 rings (SSSR count). The van der Waals surface area contributed by atoms with Crippen LogP contribution in [0.4, 0.5) is 0 Å². The molecule has 0 aliphatic heterocycles. The third kappa shape index (κ3) is 4.18. The lowest BCUT2D eigenvalue weighted by Crippen LogP contribution is -2.35. The molecule has 0 saturated carbocycles. The summed E-state index contributed by atoms with van der Waals surface area (Å²) in [5.74, 6) is -0.758. The monoisotopic (exact) mass is 317 g/mol. The molecule has 0 spiro atoms. The topological polar surface area (TPSA) is 55.4 Å². The summed E-state index contributed by atoms with van der Waals surface area (Å²) in [5.41, 5.74) is 1.53.